The third kappa shape index (κ3) is 3.31. The number of amides is 1. The van der Waals surface area contributed by atoms with Gasteiger partial charge in [-0.3, -0.25) is 9.59 Å². The highest BCUT2D eigenvalue weighted by molar-refractivity contribution is 5.96. The Labute approximate surface area is 169 Å². The second kappa shape index (κ2) is 7.07. The Morgan fingerprint density at radius 2 is 1.59 bits per heavy atom. The maximum atomic E-state index is 13.0. The lowest BCUT2D eigenvalue weighted by molar-refractivity contribution is -0.152. The molecule has 2 saturated carbocycles. The highest BCUT2D eigenvalue weighted by Gasteiger charge is 2.62. The van der Waals surface area contributed by atoms with E-state index in [-0.39, 0.29) is 17.7 Å². The van der Waals surface area contributed by atoms with Crippen LogP contribution >= 0.6 is 0 Å². The van der Waals surface area contributed by atoms with Crippen LogP contribution in [-0.2, 0) is 16.2 Å². The summed E-state index contributed by atoms with van der Waals surface area (Å²) in [5.41, 5.74) is 1.74. The Balaban J connectivity index is 1.25. The summed E-state index contributed by atoms with van der Waals surface area (Å²) in [6.45, 7) is 0.479. The van der Waals surface area contributed by atoms with Gasteiger partial charge >= 0.3 is 5.97 Å². The zero-order chi connectivity index (χ0) is 20.0. The fourth-order valence-electron chi connectivity index (χ4n) is 5.17. The van der Waals surface area contributed by atoms with Gasteiger partial charge in [0.15, 0.2) is 0 Å². The van der Waals surface area contributed by atoms with Crippen LogP contribution in [-0.4, -0.2) is 17.0 Å². The molecule has 2 bridgehead atoms. The predicted molar refractivity (Wildman–Crippen MR) is 108 cm³/mol. The second-order valence-electron chi connectivity index (χ2n) is 8.28. The zero-order valence-corrected chi connectivity index (χ0v) is 15.9. The number of aliphatic carboxylic acids is 1. The number of anilines is 1. The van der Waals surface area contributed by atoms with Gasteiger partial charge in [-0.2, -0.15) is 0 Å². The third-order valence-corrected chi connectivity index (χ3v) is 6.61. The Bertz CT molecular complexity index is 953. The molecule has 6 atom stereocenters. The summed E-state index contributed by atoms with van der Waals surface area (Å²) >= 11 is 0. The van der Waals surface area contributed by atoms with Crippen LogP contribution < -0.4 is 10.1 Å². The van der Waals surface area contributed by atoms with Gasteiger partial charge in [0.05, 0.1) is 11.8 Å². The van der Waals surface area contributed by atoms with Crippen LogP contribution in [0.2, 0.25) is 0 Å². The summed E-state index contributed by atoms with van der Waals surface area (Å²) in [5, 5.41) is 12.7. The number of benzene rings is 2. The Morgan fingerprint density at radius 3 is 2.24 bits per heavy atom. The van der Waals surface area contributed by atoms with Crippen molar-refractivity contribution in [2.75, 3.05) is 5.32 Å². The standard InChI is InChI=1S/C24H23NO4/c26-23(21-17-10-11-18(20-12-19(17)20)22(21)24(27)28)25-15-6-8-16(9-7-15)29-13-14-4-2-1-3-5-14/h1-11,17-22H,12-13H2,(H,25,26)(H,27,28)/t17-,18-,19-,20+,21-,22+/m0/s1. The van der Waals surface area contributed by atoms with E-state index in [2.05, 4.69) is 11.4 Å². The third-order valence-electron chi connectivity index (χ3n) is 6.61. The largest absolute Gasteiger partial charge is 0.489 e. The fourth-order valence-corrected chi connectivity index (χ4v) is 5.17. The van der Waals surface area contributed by atoms with Gasteiger partial charge in [0.1, 0.15) is 12.4 Å². The molecule has 0 aliphatic heterocycles. The molecule has 29 heavy (non-hydrogen) atoms. The number of allylic oxidation sites excluding steroid dienone is 2. The van der Waals surface area contributed by atoms with Crippen molar-refractivity contribution in [3.05, 3.63) is 72.3 Å². The minimum atomic E-state index is -0.862. The van der Waals surface area contributed by atoms with Gasteiger partial charge in [-0.25, -0.2) is 0 Å². The van der Waals surface area contributed by atoms with Crippen LogP contribution in [0.4, 0.5) is 5.69 Å². The number of carbonyl (C=O) groups excluding carboxylic acids is 1. The number of ether oxygens (including phenoxy) is 1. The van der Waals surface area contributed by atoms with Crippen LogP contribution in [0.25, 0.3) is 0 Å². The number of fused-ring (bicyclic) bond motifs is 1. The molecule has 4 aliphatic rings. The van der Waals surface area contributed by atoms with E-state index in [1.165, 1.54) is 0 Å². The lowest BCUT2D eigenvalue weighted by Gasteiger charge is -2.41. The monoisotopic (exact) mass is 389 g/mol. The SMILES string of the molecule is O=C(O)[C@@H]1[C@H]2C=C[C@@H]([C@@H]3C[C@H]23)[C@@H]1C(=O)Nc1ccc(OCc2ccccc2)cc1. The molecule has 2 aromatic carbocycles. The number of carboxylic acids is 1. The summed E-state index contributed by atoms with van der Waals surface area (Å²) in [7, 11) is 0. The second-order valence-corrected chi connectivity index (χ2v) is 8.28. The van der Waals surface area contributed by atoms with E-state index in [1.807, 2.05) is 48.5 Å². The summed E-state index contributed by atoms with van der Waals surface area (Å²) in [5.74, 6) is -0.495. The summed E-state index contributed by atoms with van der Waals surface area (Å²) in [6, 6.07) is 17.1. The molecule has 1 amide bonds. The van der Waals surface area contributed by atoms with E-state index in [9.17, 15) is 14.7 Å². The molecule has 0 heterocycles. The Morgan fingerprint density at radius 1 is 0.931 bits per heavy atom. The zero-order valence-electron chi connectivity index (χ0n) is 15.9. The van der Waals surface area contributed by atoms with Crippen molar-refractivity contribution in [2.24, 2.45) is 35.5 Å². The van der Waals surface area contributed by atoms with Gasteiger partial charge < -0.3 is 15.2 Å². The number of carboxylic acid groups (broad SMARTS) is 1. The smallest absolute Gasteiger partial charge is 0.307 e. The molecule has 0 radical (unpaired) electrons. The van der Waals surface area contributed by atoms with E-state index >= 15 is 0 Å². The predicted octanol–water partition coefficient (Wildman–Crippen LogP) is 3.97. The summed E-state index contributed by atoms with van der Waals surface area (Å²) in [6.07, 6.45) is 5.15. The van der Waals surface area contributed by atoms with E-state index in [0.29, 0.717) is 24.1 Å². The van der Waals surface area contributed by atoms with Gasteiger partial charge in [-0.15, -0.1) is 0 Å². The first-order valence-electron chi connectivity index (χ1n) is 10.1. The van der Waals surface area contributed by atoms with Gasteiger partial charge in [-0.05, 0) is 59.9 Å². The molecule has 0 spiro atoms. The van der Waals surface area contributed by atoms with Crippen LogP contribution in [0.5, 0.6) is 5.75 Å². The number of rotatable bonds is 6. The molecule has 2 aromatic rings. The maximum Gasteiger partial charge on any atom is 0.307 e. The van der Waals surface area contributed by atoms with Crippen molar-refractivity contribution in [3.8, 4) is 5.75 Å². The topological polar surface area (TPSA) is 75.6 Å². The molecule has 0 unspecified atom stereocenters. The molecule has 4 aliphatic carbocycles. The highest BCUT2D eigenvalue weighted by atomic mass is 16.5. The van der Waals surface area contributed by atoms with Crippen molar-refractivity contribution >= 4 is 17.6 Å². The molecular weight excluding hydrogens is 366 g/mol. The minimum Gasteiger partial charge on any atom is -0.489 e. The maximum absolute atomic E-state index is 13.0. The van der Waals surface area contributed by atoms with Gasteiger partial charge in [0.2, 0.25) is 5.91 Å². The molecular formula is C24H23NO4. The number of hydrogen-bond acceptors (Lipinski definition) is 3. The number of nitrogens with one attached hydrogen (secondary N) is 1. The summed E-state index contributed by atoms with van der Waals surface area (Å²) in [4.78, 5) is 24.9. The van der Waals surface area contributed by atoms with Crippen molar-refractivity contribution in [1.29, 1.82) is 0 Å². The molecule has 0 saturated heterocycles. The number of hydrogen-bond donors (Lipinski definition) is 2. The van der Waals surface area contributed by atoms with E-state index in [4.69, 9.17) is 4.74 Å². The Hall–Kier alpha value is -3.08. The van der Waals surface area contributed by atoms with E-state index in [0.717, 1.165) is 17.7 Å². The van der Waals surface area contributed by atoms with Crippen molar-refractivity contribution in [3.63, 3.8) is 0 Å². The highest BCUT2D eigenvalue weighted by Crippen LogP contribution is 2.63. The Kier molecular flexibility index (Phi) is 4.38. The molecule has 5 nitrogen and oxygen atoms in total. The summed E-state index contributed by atoms with van der Waals surface area (Å²) < 4.78 is 5.78. The first-order chi connectivity index (χ1) is 14.1. The number of carbonyl (C=O) groups is 2. The van der Waals surface area contributed by atoms with Gasteiger partial charge in [0.25, 0.3) is 0 Å². The van der Waals surface area contributed by atoms with E-state index in [1.54, 1.807) is 12.1 Å². The lowest BCUT2D eigenvalue weighted by atomic mass is 9.62. The van der Waals surface area contributed by atoms with Crippen LogP contribution in [0.1, 0.15) is 12.0 Å². The van der Waals surface area contributed by atoms with Crippen molar-refractivity contribution in [1.82, 2.24) is 0 Å². The van der Waals surface area contributed by atoms with Gasteiger partial charge in [0, 0.05) is 5.69 Å². The van der Waals surface area contributed by atoms with Gasteiger partial charge in [-0.1, -0.05) is 42.5 Å². The van der Waals surface area contributed by atoms with Crippen LogP contribution in [0.3, 0.4) is 0 Å². The molecule has 2 N–H and O–H groups in total. The first-order valence-corrected chi connectivity index (χ1v) is 10.1. The first kappa shape index (κ1) is 18.0. The molecule has 148 valence electrons. The molecule has 2 fully saturated rings. The van der Waals surface area contributed by atoms with E-state index < -0.39 is 17.8 Å². The molecule has 6 rings (SSSR count). The van der Waals surface area contributed by atoms with Crippen LogP contribution in [0, 0.1) is 35.5 Å². The molecule has 5 heteroatoms. The lowest BCUT2D eigenvalue weighted by Crippen LogP contribution is -2.48. The average molecular weight is 389 g/mol. The normalized spacial score (nSPS) is 31.0. The molecule has 0 aromatic heterocycles. The van der Waals surface area contributed by atoms with Crippen molar-refractivity contribution in [2.45, 2.75) is 13.0 Å². The minimum absolute atomic E-state index is 0.00740. The van der Waals surface area contributed by atoms with Crippen LogP contribution in [0.15, 0.2) is 66.7 Å². The fraction of sp³-hybridized carbons (Fsp3) is 0.333. The average Bonchev–Trinajstić information content (AvgIpc) is 3.56. The van der Waals surface area contributed by atoms with Crippen molar-refractivity contribution < 1.29 is 19.4 Å². The quantitative estimate of drug-likeness (QED) is 0.733.